The smallest absolute Gasteiger partial charge is 0.0724 e. The second-order valence-electron chi connectivity index (χ2n) is 4.96. The van der Waals surface area contributed by atoms with Gasteiger partial charge in [-0.2, -0.15) is 0 Å². The van der Waals surface area contributed by atoms with E-state index in [2.05, 4.69) is 36.8 Å². The Hall–Kier alpha value is -1.77. The first-order valence-electron chi connectivity index (χ1n) is 6.47. The van der Waals surface area contributed by atoms with Gasteiger partial charge in [-0.3, -0.25) is 4.98 Å². The largest absolute Gasteiger partial charge is 0.396 e. The lowest BCUT2D eigenvalue weighted by molar-refractivity contribution is 0.560. The highest BCUT2D eigenvalue weighted by molar-refractivity contribution is 5.97. The average molecular weight is 243 g/mol. The van der Waals surface area contributed by atoms with Crippen molar-refractivity contribution in [2.75, 3.05) is 24.2 Å². The van der Waals surface area contributed by atoms with Crippen LogP contribution < -0.4 is 10.6 Å². The molecule has 0 bridgehead atoms. The molecule has 3 heteroatoms. The van der Waals surface area contributed by atoms with Crippen LogP contribution in [0.2, 0.25) is 0 Å². The Morgan fingerprint density at radius 1 is 1.33 bits per heavy atom. The molecule has 0 spiro atoms. The van der Waals surface area contributed by atoms with Crippen LogP contribution in [-0.4, -0.2) is 18.6 Å². The molecule has 1 unspecified atom stereocenters. The molecule has 0 aliphatic heterocycles. The quantitative estimate of drug-likeness (QED) is 0.838. The van der Waals surface area contributed by atoms with Gasteiger partial charge in [-0.15, -0.1) is 0 Å². The number of nitrogen functional groups attached to an aromatic ring is 1. The molecule has 0 fully saturated rings. The van der Waals surface area contributed by atoms with Crippen molar-refractivity contribution in [3.8, 4) is 0 Å². The van der Waals surface area contributed by atoms with E-state index in [1.165, 1.54) is 6.42 Å². The second-order valence-corrected chi connectivity index (χ2v) is 4.96. The van der Waals surface area contributed by atoms with E-state index in [0.29, 0.717) is 5.92 Å². The summed E-state index contributed by atoms with van der Waals surface area (Å²) in [5, 5.41) is 1.03. The van der Waals surface area contributed by atoms with Crippen LogP contribution in [0.4, 0.5) is 11.4 Å². The molecule has 18 heavy (non-hydrogen) atoms. The third-order valence-electron chi connectivity index (χ3n) is 3.50. The van der Waals surface area contributed by atoms with Crippen LogP contribution in [0.1, 0.15) is 20.3 Å². The van der Waals surface area contributed by atoms with Crippen molar-refractivity contribution in [3.63, 3.8) is 0 Å². The standard InChI is InChI=1S/C15H21N3/c1-4-11(2)10-18(3)14-8-7-13-12(15(14)16)6-5-9-17-13/h5-9,11H,4,10,16H2,1-3H3. The summed E-state index contributed by atoms with van der Waals surface area (Å²) in [6.07, 6.45) is 2.98. The zero-order chi connectivity index (χ0) is 13.1. The van der Waals surface area contributed by atoms with Crippen molar-refractivity contribution in [1.82, 2.24) is 4.98 Å². The number of nitrogens with two attached hydrogens (primary N) is 1. The summed E-state index contributed by atoms with van der Waals surface area (Å²) in [7, 11) is 2.10. The number of hydrogen-bond donors (Lipinski definition) is 1. The minimum absolute atomic E-state index is 0.666. The average Bonchev–Trinajstić information content (AvgIpc) is 2.39. The number of benzene rings is 1. The molecule has 2 aromatic rings. The lowest BCUT2D eigenvalue weighted by Gasteiger charge is -2.24. The van der Waals surface area contributed by atoms with E-state index in [1.807, 2.05) is 18.2 Å². The van der Waals surface area contributed by atoms with Crippen LogP contribution >= 0.6 is 0 Å². The lowest BCUT2D eigenvalue weighted by atomic mass is 10.1. The fraction of sp³-hybridized carbons (Fsp3) is 0.400. The van der Waals surface area contributed by atoms with Gasteiger partial charge in [-0.1, -0.05) is 20.3 Å². The molecule has 1 heterocycles. The van der Waals surface area contributed by atoms with Crippen LogP contribution in [0.25, 0.3) is 10.9 Å². The highest BCUT2D eigenvalue weighted by Gasteiger charge is 2.11. The van der Waals surface area contributed by atoms with Crippen molar-refractivity contribution in [3.05, 3.63) is 30.5 Å². The molecule has 0 saturated heterocycles. The Morgan fingerprint density at radius 2 is 2.11 bits per heavy atom. The monoisotopic (exact) mass is 243 g/mol. The maximum Gasteiger partial charge on any atom is 0.0724 e. The summed E-state index contributed by atoms with van der Waals surface area (Å²) < 4.78 is 0. The zero-order valence-electron chi connectivity index (χ0n) is 11.4. The molecule has 0 radical (unpaired) electrons. The van der Waals surface area contributed by atoms with Gasteiger partial charge in [0.15, 0.2) is 0 Å². The molecule has 0 aliphatic carbocycles. The number of pyridine rings is 1. The number of aromatic nitrogens is 1. The van der Waals surface area contributed by atoms with Crippen LogP contribution in [0.5, 0.6) is 0 Å². The van der Waals surface area contributed by atoms with Crippen molar-refractivity contribution >= 4 is 22.3 Å². The van der Waals surface area contributed by atoms with Crippen LogP contribution in [0, 0.1) is 5.92 Å². The summed E-state index contributed by atoms with van der Waals surface area (Å²) in [6, 6.07) is 8.05. The van der Waals surface area contributed by atoms with Crippen molar-refractivity contribution in [1.29, 1.82) is 0 Å². The van der Waals surface area contributed by atoms with Gasteiger partial charge < -0.3 is 10.6 Å². The van der Waals surface area contributed by atoms with Gasteiger partial charge in [-0.05, 0) is 30.2 Å². The topological polar surface area (TPSA) is 42.2 Å². The predicted molar refractivity (Wildman–Crippen MR) is 78.9 cm³/mol. The van der Waals surface area contributed by atoms with Gasteiger partial charge in [0.05, 0.1) is 16.9 Å². The first-order valence-corrected chi connectivity index (χ1v) is 6.47. The number of anilines is 2. The summed E-state index contributed by atoms with van der Waals surface area (Å²) in [4.78, 5) is 6.55. The van der Waals surface area contributed by atoms with E-state index in [-0.39, 0.29) is 0 Å². The first kappa shape index (κ1) is 12.7. The Balaban J connectivity index is 2.36. The predicted octanol–water partition coefficient (Wildman–Crippen LogP) is 3.30. The summed E-state index contributed by atoms with van der Waals surface area (Å²) >= 11 is 0. The molecular formula is C15H21N3. The molecule has 2 N–H and O–H groups in total. The molecule has 3 nitrogen and oxygen atoms in total. The summed E-state index contributed by atoms with van der Waals surface area (Å²) in [5.41, 5.74) is 9.13. The van der Waals surface area contributed by atoms with Crippen LogP contribution in [0.3, 0.4) is 0 Å². The molecule has 0 saturated carbocycles. The summed E-state index contributed by atoms with van der Waals surface area (Å²) in [5.74, 6) is 0.666. The van der Waals surface area contributed by atoms with Crippen molar-refractivity contribution in [2.24, 2.45) is 5.92 Å². The number of hydrogen-bond acceptors (Lipinski definition) is 3. The number of nitrogens with zero attached hydrogens (tertiary/aromatic N) is 2. The van der Waals surface area contributed by atoms with Crippen molar-refractivity contribution in [2.45, 2.75) is 20.3 Å². The van der Waals surface area contributed by atoms with E-state index in [1.54, 1.807) is 6.20 Å². The highest BCUT2D eigenvalue weighted by atomic mass is 15.1. The third kappa shape index (κ3) is 2.40. The van der Waals surface area contributed by atoms with Crippen molar-refractivity contribution < 1.29 is 0 Å². The minimum atomic E-state index is 0.666. The molecule has 96 valence electrons. The Bertz CT molecular complexity index is 536. The zero-order valence-corrected chi connectivity index (χ0v) is 11.4. The number of rotatable bonds is 4. The highest BCUT2D eigenvalue weighted by Crippen LogP contribution is 2.30. The van der Waals surface area contributed by atoms with Gasteiger partial charge in [0.1, 0.15) is 0 Å². The van der Waals surface area contributed by atoms with E-state index in [0.717, 1.165) is 28.8 Å². The molecule has 1 aromatic heterocycles. The SMILES string of the molecule is CCC(C)CN(C)c1ccc2ncccc2c1N. The summed E-state index contributed by atoms with van der Waals surface area (Å²) in [6.45, 7) is 5.49. The minimum Gasteiger partial charge on any atom is -0.396 e. The van der Waals surface area contributed by atoms with E-state index >= 15 is 0 Å². The third-order valence-corrected chi connectivity index (χ3v) is 3.50. The normalized spacial score (nSPS) is 12.6. The molecule has 2 rings (SSSR count). The van der Waals surface area contributed by atoms with Gasteiger partial charge in [0.25, 0.3) is 0 Å². The fourth-order valence-electron chi connectivity index (χ4n) is 2.19. The molecular weight excluding hydrogens is 222 g/mol. The molecule has 1 aromatic carbocycles. The van der Waals surface area contributed by atoms with Gasteiger partial charge in [0, 0.05) is 25.2 Å². The maximum absolute atomic E-state index is 6.26. The van der Waals surface area contributed by atoms with Gasteiger partial charge >= 0.3 is 0 Å². The van der Waals surface area contributed by atoms with Crippen LogP contribution in [-0.2, 0) is 0 Å². The van der Waals surface area contributed by atoms with E-state index in [9.17, 15) is 0 Å². The Morgan fingerprint density at radius 3 is 2.83 bits per heavy atom. The Labute approximate surface area is 109 Å². The van der Waals surface area contributed by atoms with Crippen LogP contribution in [0.15, 0.2) is 30.5 Å². The first-order chi connectivity index (χ1) is 8.63. The second kappa shape index (κ2) is 5.25. The fourth-order valence-corrected chi connectivity index (χ4v) is 2.19. The lowest BCUT2D eigenvalue weighted by Crippen LogP contribution is -2.24. The maximum atomic E-state index is 6.26. The van der Waals surface area contributed by atoms with Gasteiger partial charge in [0.2, 0.25) is 0 Å². The van der Waals surface area contributed by atoms with E-state index < -0.39 is 0 Å². The number of fused-ring (bicyclic) bond motifs is 1. The Kier molecular flexibility index (Phi) is 3.70. The molecule has 1 atom stereocenters. The van der Waals surface area contributed by atoms with Gasteiger partial charge in [-0.25, -0.2) is 0 Å². The van der Waals surface area contributed by atoms with E-state index in [4.69, 9.17) is 5.73 Å². The molecule has 0 amide bonds. The molecule has 0 aliphatic rings.